The average molecular weight is 215 g/mol. The van der Waals surface area contributed by atoms with E-state index in [2.05, 4.69) is 17.9 Å². The highest BCUT2D eigenvalue weighted by Gasteiger charge is 2.43. The molecule has 0 spiro atoms. The zero-order valence-corrected chi connectivity index (χ0v) is 9.19. The lowest BCUT2D eigenvalue weighted by atomic mass is 10.0. The first kappa shape index (κ1) is 10.3. The van der Waals surface area contributed by atoms with Crippen molar-refractivity contribution >= 4 is 18.5 Å². The molecule has 0 bridgehead atoms. The SMILES string of the molecule is O=C(CC1(CS)CC1)NC1CCOC1. The van der Waals surface area contributed by atoms with E-state index in [1.807, 2.05) is 0 Å². The number of carbonyl (C=O) groups is 1. The van der Waals surface area contributed by atoms with E-state index in [0.29, 0.717) is 13.0 Å². The van der Waals surface area contributed by atoms with E-state index in [-0.39, 0.29) is 17.4 Å². The molecule has 1 aliphatic heterocycles. The summed E-state index contributed by atoms with van der Waals surface area (Å²) in [5, 5.41) is 3.01. The summed E-state index contributed by atoms with van der Waals surface area (Å²) in [7, 11) is 0. The lowest BCUT2D eigenvalue weighted by molar-refractivity contribution is -0.122. The van der Waals surface area contributed by atoms with Crippen molar-refractivity contribution < 1.29 is 9.53 Å². The van der Waals surface area contributed by atoms with Crippen LogP contribution in [0.2, 0.25) is 0 Å². The van der Waals surface area contributed by atoms with Gasteiger partial charge >= 0.3 is 0 Å². The molecule has 2 aliphatic rings. The Morgan fingerprint density at radius 2 is 2.36 bits per heavy atom. The smallest absolute Gasteiger partial charge is 0.220 e. The molecule has 1 aliphatic carbocycles. The first-order valence-corrected chi connectivity index (χ1v) is 5.85. The molecular formula is C10H17NO2S. The molecule has 0 aromatic heterocycles. The molecular weight excluding hydrogens is 198 g/mol. The van der Waals surface area contributed by atoms with E-state index in [4.69, 9.17) is 4.74 Å². The first-order valence-electron chi connectivity index (χ1n) is 5.22. The predicted molar refractivity (Wildman–Crippen MR) is 57.5 cm³/mol. The highest BCUT2D eigenvalue weighted by Crippen LogP contribution is 2.49. The average Bonchev–Trinajstić information content (AvgIpc) is 2.74. The largest absolute Gasteiger partial charge is 0.379 e. The van der Waals surface area contributed by atoms with Crippen LogP contribution in [0.3, 0.4) is 0 Å². The molecule has 4 heteroatoms. The molecule has 14 heavy (non-hydrogen) atoms. The minimum absolute atomic E-state index is 0.173. The van der Waals surface area contributed by atoms with Gasteiger partial charge in [-0.3, -0.25) is 4.79 Å². The van der Waals surface area contributed by atoms with Crippen molar-refractivity contribution in [2.75, 3.05) is 19.0 Å². The molecule has 1 saturated carbocycles. The molecule has 0 aromatic carbocycles. The van der Waals surface area contributed by atoms with Crippen molar-refractivity contribution in [2.24, 2.45) is 5.41 Å². The van der Waals surface area contributed by atoms with Crippen molar-refractivity contribution in [1.29, 1.82) is 0 Å². The normalized spacial score (nSPS) is 28.8. The van der Waals surface area contributed by atoms with Gasteiger partial charge in [-0.05, 0) is 30.4 Å². The molecule has 1 heterocycles. The number of hydrogen-bond donors (Lipinski definition) is 2. The summed E-state index contributed by atoms with van der Waals surface area (Å²) in [5.74, 6) is 1.01. The number of ether oxygens (including phenoxy) is 1. The zero-order chi connectivity index (χ0) is 10.0. The van der Waals surface area contributed by atoms with Crippen LogP contribution in [-0.2, 0) is 9.53 Å². The minimum Gasteiger partial charge on any atom is -0.379 e. The third kappa shape index (κ3) is 2.42. The fraction of sp³-hybridized carbons (Fsp3) is 0.900. The zero-order valence-electron chi connectivity index (χ0n) is 8.29. The van der Waals surface area contributed by atoms with Crippen LogP contribution in [0.4, 0.5) is 0 Å². The molecule has 3 nitrogen and oxygen atoms in total. The molecule has 2 fully saturated rings. The van der Waals surface area contributed by atoms with Gasteiger partial charge in [-0.25, -0.2) is 0 Å². The summed E-state index contributed by atoms with van der Waals surface area (Å²) in [6, 6.07) is 0.248. The Bertz CT molecular complexity index is 222. The maximum absolute atomic E-state index is 11.6. The van der Waals surface area contributed by atoms with Crippen molar-refractivity contribution in [2.45, 2.75) is 31.7 Å². The Balaban J connectivity index is 1.73. The maximum Gasteiger partial charge on any atom is 0.220 e. The first-order chi connectivity index (χ1) is 6.74. The third-order valence-electron chi connectivity index (χ3n) is 3.12. The fourth-order valence-electron chi connectivity index (χ4n) is 1.84. The Hall–Kier alpha value is -0.220. The molecule has 80 valence electrons. The highest BCUT2D eigenvalue weighted by atomic mass is 32.1. The van der Waals surface area contributed by atoms with Crippen LogP contribution in [0, 0.1) is 5.41 Å². The lowest BCUT2D eigenvalue weighted by Gasteiger charge is -2.14. The number of carbonyl (C=O) groups excluding carboxylic acids is 1. The van der Waals surface area contributed by atoms with E-state index < -0.39 is 0 Å². The number of thiol groups is 1. The summed E-state index contributed by atoms with van der Waals surface area (Å²) in [4.78, 5) is 11.6. The van der Waals surface area contributed by atoms with Crippen molar-refractivity contribution in [1.82, 2.24) is 5.32 Å². The van der Waals surface area contributed by atoms with Gasteiger partial charge in [0.1, 0.15) is 0 Å². The minimum atomic E-state index is 0.173. The van der Waals surface area contributed by atoms with Crippen LogP contribution in [0.1, 0.15) is 25.7 Å². The van der Waals surface area contributed by atoms with Crippen LogP contribution in [0.15, 0.2) is 0 Å². The summed E-state index contributed by atoms with van der Waals surface area (Å²) in [5.41, 5.74) is 0.229. The second-order valence-corrected chi connectivity index (χ2v) is 4.78. The Labute approximate surface area is 90.0 Å². The summed E-state index contributed by atoms with van der Waals surface area (Å²) >= 11 is 4.28. The monoisotopic (exact) mass is 215 g/mol. The predicted octanol–water partition coefficient (Wildman–Crippen LogP) is 0.992. The van der Waals surface area contributed by atoms with Gasteiger partial charge in [0.15, 0.2) is 0 Å². The van der Waals surface area contributed by atoms with Crippen LogP contribution < -0.4 is 5.32 Å². The Kier molecular flexibility index (Phi) is 3.02. The van der Waals surface area contributed by atoms with Crippen LogP contribution in [0.5, 0.6) is 0 Å². The van der Waals surface area contributed by atoms with Gasteiger partial charge in [0.05, 0.1) is 12.6 Å². The molecule has 1 N–H and O–H groups in total. The second kappa shape index (κ2) is 4.11. The van der Waals surface area contributed by atoms with Crippen LogP contribution >= 0.6 is 12.6 Å². The quantitative estimate of drug-likeness (QED) is 0.686. The van der Waals surface area contributed by atoms with Gasteiger partial charge in [0, 0.05) is 13.0 Å². The van der Waals surface area contributed by atoms with Gasteiger partial charge in [0.2, 0.25) is 5.91 Å². The maximum atomic E-state index is 11.6. The fourth-order valence-corrected chi connectivity index (χ4v) is 2.26. The second-order valence-electron chi connectivity index (χ2n) is 4.46. The number of amides is 1. The summed E-state index contributed by atoms with van der Waals surface area (Å²) < 4.78 is 5.20. The Morgan fingerprint density at radius 3 is 2.86 bits per heavy atom. The number of rotatable bonds is 4. The Morgan fingerprint density at radius 1 is 1.57 bits per heavy atom. The van der Waals surface area contributed by atoms with E-state index in [1.54, 1.807) is 0 Å². The van der Waals surface area contributed by atoms with Crippen LogP contribution in [0.25, 0.3) is 0 Å². The molecule has 1 unspecified atom stereocenters. The van der Waals surface area contributed by atoms with Crippen molar-refractivity contribution in [3.8, 4) is 0 Å². The van der Waals surface area contributed by atoms with Crippen LogP contribution in [-0.4, -0.2) is 30.9 Å². The molecule has 0 radical (unpaired) electrons. The third-order valence-corrected chi connectivity index (χ3v) is 3.79. The molecule has 1 atom stereocenters. The summed E-state index contributed by atoms with van der Waals surface area (Å²) in [6.45, 7) is 1.46. The van der Waals surface area contributed by atoms with E-state index >= 15 is 0 Å². The molecule has 1 saturated heterocycles. The van der Waals surface area contributed by atoms with Gasteiger partial charge in [-0.15, -0.1) is 0 Å². The van der Waals surface area contributed by atoms with E-state index in [9.17, 15) is 4.79 Å². The number of nitrogens with one attached hydrogen (secondary N) is 1. The van der Waals surface area contributed by atoms with Crippen molar-refractivity contribution in [3.63, 3.8) is 0 Å². The topological polar surface area (TPSA) is 38.3 Å². The molecule has 2 rings (SSSR count). The highest BCUT2D eigenvalue weighted by molar-refractivity contribution is 7.80. The van der Waals surface area contributed by atoms with E-state index in [0.717, 1.165) is 31.6 Å². The summed E-state index contributed by atoms with van der Waals surface area (Å²) in [6.07, 6.45) is 3.92. The van der Waals surface area contributed by atoms with Gasteiger partial charge in [-0.2, -0.15) is 12.6 Å². The molecule has 0 aromatic rings. The van der Waals surface area contributed by atoms with E-state index in [1.165, 1.54) is 0 Å². The standard InChI is InChI=1S/C10H17NO2S/c12-9(5-10(7-14)2-3-10)11-8-1-4-13-6-8/h8,14H,1-7H2,(H,11,12). The van der Waals surface area contributed by atoms with Gasteiger partial charge in [0.25, 0.3) is 0 Å². The van der Waals surface area contributed by atoms with Gasteiger partial charge in [-0.1, -0.05) is 0 Å². The van der Waals surface area contributed by atoms with Crippen molar-refractivity contribution in [3.05, 3.63) is 0 Å². The number of hydrogen-bond acceptors (Lipinski definition) is 3. The molecule has 1 amide bonds. The van der Waals surface area contributed by atoms with Gasteiger partial charge < -0.3 is 10.1 Å². The lowest BCUT2D eigenvalue weighted by Crippen LogP contribution is -2.36.